The molecule has 0 radical (unpaired) electrons. The molecule has 3 nitrogen and oxygen atoms in total. The Kier molecular flexibility index (Phi) is 3.28. The Labute approximate surface area is 134 Å². The van der Waals surface area contributed by atoms with Gasteiger partial charge in [-0.3, -0.25) is 4.79 Å². The fraction of sp³-hybridized carbons (Fsp3) is 0.611. The zero-order valence-electron chi connectivity index (χ0n) is 13.3. The molecule has 124 valence electrons. The van der Waals surface area contributed by atoms with Gasteiger partial charge < -0.3 is 10.1 Å². The van der Waals surface area contributed by atoms with E-state index in [1.165, 1.54) is 6.07 Å². The van der Waals surface area contributed by atoms with E-state index in [1.54, 1.807) is 6.07 Å². The van der Waals surface area contributed by atoms with Crippen molar-refractivity contribution in [2.24, 2.45) is 17.3 Å². The van der Waals surface area contributed by atoms with Gasteiger partial charge in [0.05, 0.1) is 6.10 Å². The summed E-state index contributed by atoms with van der Waals surface area (Å²) < 4.78 is 32.9. The first-order valence-electron chi connectivity index (χ1n) is 8.27. The Morgan fingerprint density at radius 3 is 2.91 bits per heavy atom. The number of hydrogen-bond acceptors (Lipinski definition) is 2. The third-order valence-electron chi connectivity index (χ3n) is 5.91. The van der Waals surface area contributed by atoms with Gasteiger partial charge >= 0.3 is 0 Å². The van der Waals surface area contributed by atoms with Gasteiger partial charge in [0.1, 0.15) is 0 Å². The minimum Gasteiger partial charge on any atom is -0.377 e. The van der Waals surface area contributed by atoms with Gasteiger partial charge in [-0.15, -0.1) is 0 Å². The molecule has 2 aliphatic carbocycles. The van der Waals surface area contributed by atoms with Crippen molar-refractivity contribution in [1.29, 1.82) is 0 Å². The topological polar surface area (TPSA) is 38.3 Å². The monoisotopic (exact) mass is 321 g/mol. The molecule has 0 bridgehead atoms. The van der Waals surface area contributed by atoms with E-state index < -0.39 is 11.6 Å². The molecule has 1 heterocycles. The van der Waals surface area contributed by atoms with Crippen LogP contribution in [0.15, 0.2) is 18.2 Å². The van der Waals surface area contributed by atoms with Crippen molar-refractivity contribution in [2.45, 2.75) is 44.8 Å². The van der Waals surface area contributed by atoms with Gasteiger partial charge in [0.15, 0.2) is 11.6 Å². The summed E-state index contributed by atoms with van der Waals surface area (Å²) in [6.07, 6.45) is 1.79. The van der Waals surface area contributed by atoms with E-state index in [2.05, 4.69) is 19.2 Å². The van der Waals surface area contributed by atoms with E-state index >= 15 is 0 Å². The van der Waals surface area contributed by atoms with Gasteiger partial charge in [0.25, 0.3) is 0 Å². The predicted octanol–water partition coefficient (Wildman–Crippen LogP) is 3.00. The van der Waals surface area contributed by atoms with Crippen LogP contribution in [0.3, 0.4) is 0 Å². The fourth-order valence-electron chi connectivity index (χ4n) is 4.51. The lowest BCUT2D eigenvalue weighted by Gasteiger charge is -2.54. The molecular weight excluding hydrogens is 300 g/mol. The van der Waals surface area contributed by atoms with Crippen LogP contribution < -0.4 is 5.32 Å². The molecule has 0 aromatic heterocycles. The quantitative estimate of drug-likeness (QED) is 0.929. The molecule has 1 aromatic rings. The van der Waals surface area contributed by atoms with Crippen molar-refractivity contribution in [3.05, 3.63) is 35.4 Å². The largest absolute Gasteiger partial charge is 0.377 e. The van der Waals surface area contributed by atoms with E-state index in [0.717, 1.165) is 19.1 Å². The average molecular weight is 321 g/mol. The molecule has 3 fully saturated rings. The highest BCUT2D eigenvalue weighted by Gasteiger charge is 2.60. The number of fused-ring (bicyclic) bond motifs is 1. The van der Waals surface area contributed by atoms with Crippen LogP contribution in [0.2, 0.25) is 0 Å². The van der Waals surface area contributed by atoms with Crippen molar-refractivity contribution >= 4 is 5.91 Å². The third-order valence-corrected chi connectivity index (χ3v) is 5.91. The van der Waals surface area contributed by atoms with E-state index in [1.807, 2.05) is 0 Å². The number of ether oxygens (including phenoxy) is 1. The summed E-state index contributed by atoms with van der Waals surface area (Å²) in [4.78, 5) is 12.5. The van der Waals surface area contributed by atoms with E-state index in [-0.39, 0.29) is 35.3 Å². The molecule has 1 amide bonds. The van der Waals surface area contributed by atoms with Crippen LogP contribution in [0.1, 0.15) is 38.2 Å². The van der Waals surface area contributed by atoms with E-state index in [0.29, 0.717) is 17.9 Å². The maximum Gasteiger partial charge on any atom is 0.223 e. The molecule has 1 saturated heterocycles. The number of carbonyl (C=O) groups excluding carboxylic acids is 1. The second kappa shape index (κ2) is 5.00. The molecule has 0 spiro atoms. The average Bonchev–Trinajstić information content (AvgIpc) is 3.17. The normalized spacial score (nSPS) is 37.0. The first-order chi connectivity index (χ1) is 10.9. The summed E-state index contributed by atoms with van der Waals surface area (Å²) in [5, 5.41) is 3.14. The van der Waals surface area contributed by atoms with Crippen molar-refractivity contribution in [3.63, 3.8) is 0 Å². The van der Waals surface area contributed by atoms with Crippen molar-refractivity contribution in [2.75, 3.05) is 6.61 Å². The molecule has 1 aromatic carbocycles. The number of rotatable bonds is 3. The molecule has 5 atom stereocenters. The zero-order chi connectivity index (χ0) is 16.4. The summed E-state index contributed by atoms with van der Waals surface area (Å²) in [7, 11) is 0. The second-order valence-electron chi connectivity index (χ2n) is 7.64. The highest BCUT2D eigenvalue weighted by molar-refractivity contribution is 5.83. The lowest BCUT2D eigenvalue weighted by atomic mass is 9.57. The van der Waals surface area contributed by atoms with Crippen molar-refractivity contribution in [1.82, 2.24) is 5.32 Å². The van der Waals surface area contributed by atoms with Crippen LogP contribution in [0, 0.1) is 28.9 Å². The summed E-state index contributed by atoms with van der Waals surface area (Å²) in [5.41, 5.74) is 0.255. The van der Waals surface area contributed by atoms with Gasteiger partial charge in [-0.05, 0) is 30.4 Å². The van der Waals surface area contributed by atoms with Gasteiger partial charge in [0, 0.05) is 29.9 Å². The molecule has 3 aliphatic rings. The highest BCUT2D eigenvalue weighted by atomic mass is 19.2. The Balaban J connectivity index is 1.43. The van der Waals surface area contributed by atoms with E-state index in [9.17, 15) is 13.6 Å². The molecule has 1 aliphatic heterocycles. The third kappa shape index (κ3) is 2.20. The zero-order valence-corrected chi connectivity index (χ0v) is 13.3. The van der Waals surface area contributed by atoms with Crippen LogP contribution in [0.4, 0.5) is 8.78 Å². The van der Waals surface area contributed by atoms with Crippen LogP contribution in [0.5, 0.6) is 0 Å². The maximum atomic E-state index is 13.8. The minimum atomic E-state index is -0.848. The number of benzene rings is 1. The number of hydrogen-bond donors (Lipinski definition) is 1. The second-order valence-corrected chi connectivity index (χ2v) is 7.64. The smallest absolute Gasteiger partial charge is 0.223 e. The van der Waals surface area contributed by atoms with Crippen molar-refractivity contribution in [3.8, 4) is 0 Å². The summed E-state index contributed by atoms with van der Waals surface area (Å²) in [6, 6.07) is 4.29. The van der Waals surface area contributed by atoms with Gasteiger partial charge in [-0.2, -0.15) is 0 Å². The number of halogens is 2. The van der Waals surface area contributed by atoms with Crippen LogP contribution >= 0.6 is 0 Å². The van der Waals surface area contributed by atoms with Gasteiger partial charge in [-0.25, -0.2) is 8.78 Å². The molecule has 1 N–H and O–H groups in total. The predicted molar refractivity (Wildman–Crippen MR) is 80.8 cm³/mol. The summed E-state index contributed by atoms with van der Waals surface area (Å²) >= 11 is 0. The van der Waals surface area contributed by atoms with Crippen LogP contribution in [0.25, 0.3) is 0 Å². The molecule has 23 heavy (non-hydrogen) atoms. The van der Waals surface area contributed by atoms with Gasteiger partial charge in [0.2, 0.25) is 5.91 Å². The Bertz CT molecular complexity index is 660. The molecule has 5 heteroatoms. The highest BCUT2D eigenvalue weighted by Crippen LogP contribution is 2.53. The first-order valence-corrected chi connectivity index (χ1v) is 8.27. The standard InChI is InChI=1S/C18H21F2NO2/c1-18(2)15(10-6-7-23-16(10)18)21-17(22)12-8-11(12)9-4-3-5-13(19)14(9)20/h3-5,10-12,15-16H,6-8H2,1-2H3,(H,21,22)/t10-,11+,12+,15+,16-/m0/s1. The Morgan fingerprint density at radius 1 is 1.35 bits per heavy atom. The molecule has 2 saturated carbocycles. The number of amides is 1. The molecule has 4 rings (SSSR count). The lowest BCUT2D eigenvalue weighted by Crippen LogP contribution is -2.66. The Morgan fingerprint density at radius 2 is 2.13 bits per heavy atom. The fourth-order valence-corrected chi connectivity index (χ4v) is 4.51. The lowest BCUT2D eigenvalue weighted by molar-refractivity contribution is -0.138. The maximum absolute atomic E-state index is 13.8. The SMILES string of the molecule is CC1(C)[C@H](NC(=O)[C@@H]2C[C@@H]2c2cccc(F)c2F)[C@@H]2CCO[C@@H]21. The molecular formula is C18H21F2NO2. The van der Waals surface area contributed by atoms with Crippen molar-refractivity contribution < 1.29 is 18.3 Å². The van der Waals surface area contributed by atoms with Crippen LogP contribution in [-0.2, 0) is 9.53 Å². The Hall–Kier alpha value is -1.49. The van der Waals surface area contributed by atoms with Gasteiger partial charge in [-0.1, -0.05) is 26.0 Å². The summed E-state index contributed by atoms with van der Waals surface area (Å²) in [6.45, 7) is 4.98. The first kappa shape index (κ1) is 15.1. The minimum absolute atomic E-state index is 0.0397. The summed E-state index contributed by atoms with van der Waals surface area (Å²) in [5.74, 6) is -1.77. The molecule has 0 unspecified atom stereocenters. The number of carbonyl (C=O) groups is 1. The number of nitrogens with one attached hydrogen (secondary N) is 1. The van der Waals surface area contributed by atoms with Crippen LogP contribution in [-0.4, -0.2) is 24.7 Å². The van der Waals surface area contributed by atoms with E-state index in [4.69, 9.17) is 4.74 Å².